The Kier molecular flexibility index (Phi) is 4.18. The van der Waals surface area contributed by atoms with Crippen molar-refractivity contribution in [2.75, 3.05) is 13.7 Å². The quantitative estimate of drug-likeness (QED) is 0.579. The second-order valence-corrected chi connectivity index (χ2v) is 4.79. The van der Waals surface area contributed by atoms with Gasteiger partial charge in [-0.3, -0.25) is 9.36 Å². The van der Waals surface area contributed by atoms with Crippen molar-refractivity contribution in [1.82, 2.24) is 9.55 Å². The number of rotatable bonds is 6. The molecular weight excluding hydrogens is 240 g/mol. The molecule has 1 aliphatic rings. The van der Waals surface area contributed by atoms with E-state index in [1.807, 2.05) is 0 Å². The Labute approximate surface area is 106 Å². The van der Waals surface area contributed by atoms with Gasteiger partial charge in [0.25, 0.3) is 5.56 Å². The van der Waals surface area contributed by atoms with E-state index in [0.29, 0.717) is 17.6 Å². The number of hydrogen-bond donors (Lipinski definition) is 0. The molecule has 0 aromatic carbocycles. The molecule has 0 amide bonds. The third kappa shape index (κ3) is 3.30. The zero-order valence-corrected chi connectivity index (χ0v) is 10.7. The van der Waals surface area contributed by atoms with Crippen LogP contribution < -0.4 is 5.56 Å². The third-order valence-corrected chi connectivity index (χ3v) is 3.12. The Bertz CT molecular complexity index is 441. The van der Waals surface area contributed by atoms with E-state index in [-0.39, 0.29) is 5.56 Å². The SMILES string of the molecule is COCCCCn1c(C2CC2)nc(Cl)cc1=O. The largest absolute Gasteiger partial charge is 0.385 e. The molecule has 1 saturated carbocycles. The first-order valence-corrected chi connectivity index (χ1v) is 6.36. The lowest BCUT2D eigenvalue weighted by Crippen LogP contribution is -2.24. The lowest BCUT2D eigenvalue weighted by atomic mass is 10.3. The molecule has 0 saturated heterocycles. The molecule has 1 aromatic rings. The fraction of sp³-hybridized carbons (Fsp3) is 0.667. The first-order chi connectivity index (χ1) is 8.22. The van der Waals surface area contributed by atoms with E-state index in [1.165, 1.54) is 6.07 Å². The summed E-state index contributed by atoms with van der Waals surface area (Å²) in [6, 6.07) is 1.39. The molecule has 2 rings (SSSR count). The smallest absolute Gasteiger partial charge is 0.254 e. The standard InChI is InChI=1S/C12H17ClN2O2/c1-17-7-3-2-6-15-11(16)8-10(13)14-12(15)9-4-5-9/h8-9H,2-7H2,1H3. The van der Waals surface area contributed by atoms with Crippen LogP contribution in [0.1, 0.15) is 37.4 Å². The van der Waals surface area contributed by atoms with E-state index in [1.54, 1.807) is 11.7 Å². The summed E-state index contributed by atoms with van der Waals surface area (Å²) in [5.74, 6) is 1.30. The summed E-state index contributed by atoms with van der Waals surface area (Å²) in [6.07, 6.45) is 4.11. The molecule has 0 N–H and O–H groups in total. The van der Waals surface area contributed by atoms with Crippen LogP contribution >= 0.6 is 11.6 Å². The number of nitrogens with zero attached hydrogens (tertiary/aromatic N) is 2. The van der Waals surface area contributed by atoms with Crippen LogP contribution in [0.2, 0.25) is 5.15 Å². The molecule has 0 atom stereocenters. The van der Waals surface area contributed by atoms with E-state index < -0.39 is 0 Å². The number of unbranched alkanes of at least 4 members (excludes halogenated alkanes) is 1. The third-order valence-electron chi connectivity index (χ3n) is 2.93. The summed E-state index contributed by atoms with van der Waals surface area (Å²) in [5, 5.41) is 0.310. The number of hydrogen-bond acceptors (Lipinski definition) is 3. The van der Waals surface area contributed by atoms with Crippen LogP contribution in [0.5, 0.6) is 0 Å². The highest BCUT2D eigenvalue weighted by Gasteiger charge is 2.28. The number of methoxy groups -OCH3 is 1. The van der Waals surface area contributed by atoms with Crippen molar-refractivity contribution in [2.45, 2.75) is 38.1 Å². The summed E-state index contributed by atoms with van der Waals surface area (Å²) in [6.45, 7) is 1.44. The molecule has 1 aromatic heterocycles. The van der Waals surface area contributed by atoms with Gasteiger partial charge < -0.3 is 4.74 Å². The molecule has 0 unspecified atom stereocenters. The summed E-state index contributed by atoms with van der Waals surface area (Å²) < 4.78 is 6.76. The summed E-state index contributed by atoms with van der Waals surface area (Å²) in [4.78, 5) is 16.2. The first kappa shape index (κ1) is 12.6. The van der Waals surface area contributed by atoms with Gasteiger partial charge in [0.1, 0.15) is 11.0 Å². The topological polar surface area (TPSA) is 44.1 Å². The van der Waals surface area contributed by atoms with Gasteiger partial charge in [-0.2, -0.15) is 0 Å². The van der Waals surface area contributed by atoms with Crippen molar-refractivity contribution >= 4 is 11.6 Å². The van der Waals surface area contributed by atoms with Crippen LogP contribution in [-0.2, 0) is 11.3 Å². The molecule has 4 nitrogen and oxygen atoms in total. The van der Waals surface area contributed by atoms with Crippen molar-refractivity contribution in [2.24, 2.45) is 0 Å². The van der Waals surface area contributed by atoms with Gasteiger partial charge in [-0.25, -0.2) is 4.98 Å². The molecule has 0 spiro atoms. The average Bonchev–Trinajstić information content (AvgIpc) is 3.09. The molecule has 17 heavy (non-hydrogen) atoms. The first-order valence-electron chi connectivity index (χ1n) is 5.98. The minimum absolute atomic E-state index is 0.0377. The molecule has 1 fully saturated rings. The van der Waals surface area contributed by atoms with Crippen LogP contribution in [0.4, 0.5) is 0 Å². The van der Waals surface area contributed by atoms with E-state index in [2.05, 4.69) is 4.98 Å². The summed E-state index contributed by atoms with van der Waals surface area (Å²) in [5.41, 5.74) is -0.0377. The number of halogens is 1. The molecule has 0 bridgehead atoms. The van der Waals surface area contributed by atoms with Gasteiger partial charge in [-0.15, -0.1) is 0 Å². The van der Waals surface area contributed by atoms with E-state index in [9.17, 15) is 4.79 Å². The van der Waals surface area contributed by atoms with E-state index >= 15 is 0 Å². The van der Waals surface area contributed by atoms with E-state index in [0.717, 1.165) is 38.1 Å². The van der Waals surface area contributed by atoms with Crippen molar-refractivity contribution in [3.63, 3.8) is 0 Å². The van der Waals surface area contributed by atoms with Crippen molar-refractivity contribution in [3.8, 4) is 0 Å². The minimum atomic E-state index is -0.0377. The minimum Gasteiger partial charge on any atom is -0.385 e. The van der Waals surface area contributed by atoms with Gasteiger partial charge in [0.15, 0.2) is 0 Å². The molecule has 0 aliphatic heterocycles. The zero-order valence-electron chi connectivity index (χ0n) is 9.99. The molecular formula is C12H17ClN2O2. The van der Waals surface area contributed by atoms with Crippen LogP contribution in [0.3, 0.4) is 0 Å². The van der Waals surface area contributed by atoms with Gasteiger partial charge in [-0.1, -0.05) is 11.6 Å². The Morgan fingerprint density at radius 3 is 2.94 bits per heavy atom. The maximum atomic E-state index is 11.9. The molecule has 94 valence electrons. The maximum Gasteiger partial charge on any atom is 0.254 e. The van der Waals surface area contributed by atoms with Crippen LogP contribution in [0, 0.1) is 0 Å². The summed E-state index contributed by atoms with van der Waals surface area (Å²) in [7, 11) is 1.69. The highest BCUT2D eigenvalue weighted by molar-refractivity contribution is 6.29. The molecule has 0 radical (unpaired) electrons. The predicted octanol–water partition coefficient (Wildman–Crippen LogP) is 2.20. The fourth-order valence-corrected chi connectivity index (χ4v) is 2.07. The lowest BCUT2D eigenvalue weighted by molar-refractivity contribution is 0.191. The van der Waals surface area contributed by atoms with Gasteiger partial charge in [-0.05, 0) is 25.7 Å². The average molecular weight is 257 g/mol. The Hall–Kier alpha value is -0.870. The predicted molar refractivity (Wildman–Crippen MR) is 66.6 cm³/mol. The number of ether oxygens (including phenoxy) is 1. The molecule has 1 aliphatic carbocycles. The van der Waals surface area contributed by atoms with Crippen LogP contribution in [-0.4, -0.2) is 23.3 Å². The Balaban J connectivity index is 2.11. The maximum absolute atomic E-state index is 11.9. The van der Waals surface area contributed by atoms with Crippen molar-refractivity contribution in [3.05, 3.63) is 27.4 Å². The van der Waals surface area contributed by atoms with Gasteiger partial charge in [0, 0.05) is 32.2 Å². The van der Waals surface area contributed by atoms with Crippen molar-refractivity contribution < 1.29 is 4.74 Å². The summed E-state index contributed by atoms with van der Waals surface area (Å²) >= 11 is 5.83. The monoisotopic (exact) mass is 256 g/mol. The fourth-order valence-electron chi connectivity index (χ4n) is 1.89. The molecule has 1 heterocycles. The lowest BCUT2D eigenvalue weighted by Gasteiger charge is -2.11. The second-order valence-electron chi connectivity index (χ2n) is 4.40. The van der Waals surface area contributed by atoms with E-state index in [4.69, 9.17) is 16.3 Å². The Morgan fingerprint density at radius 1 is 1.53 bits per heavy atom. The van der Waals surface area contributed by atoms with Crippen LogP contribution in [0.25, 0.3) is 0 Å². The van der Waals surface area contributed by atoms with Crippen LogP contribution in [0.15, 0.2) is 10.9 Å². The highest BCUT2D eigenvalue weighted by Crippen LogP contribution is 2.38. The zero-order chi connectivity index (χ0) is 12.3. The number of aromatic nitrogens is 2. The van der Waals surface area contributed by atoms with Gasteiger partial charge in [0.05, 0.1) is 0 Å². The van der Waals surface area contributed by atoms with Gasteiger partial charge in [0.2, 0.25) is 0 Å². The highest BCUT2D eigenvalue weighted by atomic mass is 35.5. The molecule has 5 heteroatoms. The van der Waals surface area contributed by atoms with Crippen molar-refractivity contribution in [1.29, 1.82) is 0 Å². The Morgan fingerprint density at radius 2 is 2.29 bits per heavy atom. The van der Waals surface area contributed by atoms with Gasteiger partial charge >= 0.3 is 0 Å². The second kappa shape index (κ2) is 5.65. The normalized spacial score (nSPS) is 15.2.